The number of azo groups is 1. The number of guanidine groups is 2. The first kappa shape index (κ1) is 23.2. The van der Waals surface area contributed by atoms with E-state index in [-0.39, 0.29) is 17.8 Å². The van der Waals surface area contributed by atoms with Crippen molar-refractivity contribution in [2.45, 2.75) is 51.0 Å². The molecule has 1 rings (SSSR count). The summed E-state index contributed by atoms with van der Waals surface area (Å²) >= 11 is 0. The van der Waals surface area contributed by atoms with Crippen molar-refractivity contribution in [2.75, 3.05) is 26.2 Å². The lowest BCUT2D eigenvalue weighted by Crippen LogP contribution is -2.32. The van der Waals surface area contributed by atoms with Gasteiger partial charge in [0.1, 0.15) is 11.9 Å². The van der Waals surface area contributed by atoms with Gasteiger partial charge in [0.2, 0.25) is 5.88 Å². The summed E-state index contributed by atoms with van der Waals surface area (Å²) < 4.78 is 5.50. The molecule has 0 bridgehead atoms. The van der Waals surface area contributed by atoms with Gasteiger partial charge < -0.3 is 33.0 Å². The molecule has 0 spiro atoms. The predicted octanol–water partition coefficient (Wildman–Crippen LogP) is 0.523. The lowest BCUT2D eigenvalue weighted by molar-refractivity contribution is 0.200. The van der Waals surface area contributed by atoms with Gasteiger partial charge in [0.25, 0.3) is 0 Å². The van der Waals surface area contributed by atoms with E-state index in [9.17, 15) is 0 Å². The number of ether oxygens (including phenoxy) is 1. The third-order valence-electron chi connectivity index (χ3n) is 3.94. The minimum absolute atomic E-state index is 0.0132. The topological polar surface area (TPSA) is 199 Å². The molecule has 0 aromatic rings. The van der Waals surface area contributed by atoms with Crippen LogP contribution < -0.4 is 28.3 Å². The summed E-state index contributed by atoms with van der Waals surface area (Å²) in [6.45, 7) is 2.56. The first-order valence-electron chi connectivity index (χ1n) is 9.66. The van der Waals surface area contributed by atoms with E-state index in [4.69, 9.17) is 33.1 Å². The molecule has 28 heavy (non-hydrogen) atoms. The van der Waals surface area contributed by atoms with Gasteiger partial charge in [-0.3, -0.25) is 15.4 Å². The summed E-state index contributed by atoms with van der Waals surface area (Å²) in [6, 6.07) is -0.368. The number of amidine groups is 1. The van der Waals surface area contributed by atoms with Gasteiger partial charge in [0.15, 0.2) is 11.9 Å². The zero-order chi connectivity index (χ0) is 20.6. The van der Waals surface area contributed by atoms with Crippen LogP contribution in [0.25, 0.3) is 0 Å². The third kappa shape index (κ3) is 11.7. The number of aliphatic imine (C=N–C) groups is 2. The molecule has 158 valence electrons. The zero-order valence-corrected chi connectivity index (χ0v) is 16.4. The van der Waals surface area contributed by atoms with Gasteiger partial charge in [0, 0.05) is 32.5 Å². The summed E-state index contributed by atoms with van der Waals surface area (Å²) in [6.07, 6.45) is 8.50. The Labute approximate surface area is 166 Å². The van der Waals surface area contributed by atoms with Gasteiger partial charge in [-0.2, -0.15) is 5.11 Å². The molecular weight excluding hydrogens is 360 g/mol. The third-order valence-corrected chi connectivity index (χ3v) is 3.94. The zero-order valence-electron chi connectivity index (χ0n) is 16.4. The van der Waals surface area contributed by atoms with E-state index in [1.54, 1.807) is 6.08 Å². The molecule has 0 aromatic carbocycles. The lowest BCUT2D eigenvalue weighted by atomic mass is 10.1. The minimum atomic E-state index is -0.368. The van der Waals surface area contributed by atoms with Crippen molar-refractivity contribution in [3.63, 3.8) is 0 Å². The second kappa shape index (κ2) is 14.2. The van der Waals surface area contributed by atoms with Crippen molar-refractivity contribution in [3.8, 4) is 0 Å². The smallest absolute Gasteiger partial charge is 0.228 e. The van der Waals surface area contributed by atoms with Crippen molar-refractivity contribution < 1.29 is 4.74 Å². The minimum Gasteiger partial charge on any atom is -0.477 e. The number of rotatable bonds is 14. The highest BCUT2D eigenvalue weighted by Crippen LogP contribution is 2.14. The highest BCUT2D eigenvalue weighted by molar-refractivity contribution is 5.83. The molecule has 1 aliphatic heterocycles. The van der Waals surface area contributed by atoms with Crippen LogP contribution in [0.1, 0.15) is 44.9 Å². The molecule has 10 N–H and O–H groups in total. The maximum absolute atomic E-state index is 7.32. The molecule has 0 saturated heterocycles. The van der Waals surface area contributed by atoms with E-state index >= 15 is 0 Å². The Hall–Kier alpha value is -2.85. The SMILES string of the molecule is N=C(N)C1CC=C(OCCCN=C(N)NCCCCCCCN=C(N)N)N=N1. The van der Waals surface area contributed by atoms with Crippen LogP contribution in [0, 0.1) is 5.41 Å². The Morgan fingerprint density at radius 1 is 1.07 bits per heavy atom. The van der Waals surface area contributed by atoms with Crippen LogP contribution in [0.5, 0.6) is 0 Å². The van der Waals surface area contributed by atoms with E-state index in [0.29, 0.717) is 38.0 Å². The first-order chi connectivity index (χ1) is 13.5. The van der Waals surface area contributed by atoms with E-state index in [1.807, 2.05) is 0 Å². The standard InChI is InChI=1S/C17H34N10O/c18-15(19)13-7-8-14(27-26-13)28-12-6-11-25-17(22)24-10-5-3-1-2-4-9-23-16(20)21/h8,13H,1-7,9-12H2,(H3,18,19)(H4,20,21,23)(H3,22,24,25). The van der Waals surface area contributed by atoms with Crippen molar-refractivity contribution >= 4 is 17.8 Å². The van der Waals surface area contributed by atoms with Crippen molar-refractivity contribution in [2.24, 2.45) is 43.1 Å². The Morgan fingerprint density at radius 2 is 1.79 bits per heavy atom. The van der Waals surface area contributed by atoms with Crippen LogP contribution in [0.15, 0.2) is 32.2 Å². The fraction of sp³-hybridized carbons (Fsp3) is 0.706. The molecule has 0 aliphatic carbocycles. The molecule has 1 atom stereocenters. The quantitative estimate of drug-likeness (QED) is 0.141. The van der Waals surface area contributed by atoms with Gasteiger partial charge >= 0.3 is 0 Å². The molecule has 1 unspecified atom stereocenters. The average molecular weight is 395 g/mol. The fourth-order valence-corrected chi connectivity index (χ4v) is 2.39. The fourth-order valence-electron chi connectivity index (χ4n) is 2.39. The van der Waals surface area contributed by atoms with Gasteiger partial charge in [0.05, 0.1) is 6.61 Å². The van der Waals surface area contributed by atoms with E-state index in [0.717, 1.165) is 45.1 Å². The number of nitrogens with two attached hydrogens (primary N) is 4. The van der Waals surface area contributed by atoms with Crippen LogP contribution in [-0.4, -0.2) is 50.0 Å². The maximum atomic E-state index is 7.32. The van der Waals surface area contributed by atoms with Crippen LogP contribution >= 0.6 is 0 Å². The van der Waals surface area contributed by atoms with Crippen LogP contribution in [0.3, 0.4) is 0 Å². The van der Waals surface area contributed by atoms with Crippen LogP contribution in [-0.2, 0) is 4.74 Å². The molecule has 0 saturated carbocycles. The van der Waals surface area contributed by atoms with Gasteiger partial charge in [-0.1, -0.05) is 19.3 Å². The Balaban J connectivity index is 1.96. The second-order valence-electron chi connectivity index (χ2n) is 6.43. The second-order valence-corrected chi connectivity index (χ2v) is 6.43. The monoisotopic (exact) mass is 394 g/mol. The molecular formula is C17H34N10O. The van der Waals surface area contributed by atoms with Crippen molar-refractivity contribution in [3.05, 3.63) is 12.0 Å². The number of hydrogen-bond acceptors (Lipinski definition) is 6. The Bertz CT molecular complexity index is 580. The molecule has 0 radical (unpaired) electrons. The molecule has 1 heterocycles. The summed E-state index contributed by atoms with van der Waals surface area (Å²) in [7, 11) is 0. The number of nitrogens with one attached hydrogen (secondary N) is 2. The molecule has 11 nitrogen and oxygen atoms in total. The normalized spacial score (nSPS) is 16.4. The summed E-state index contributed by atoms with van der Waals surface area (Å²) in [5.41, 5.74) is 21.8. The van der Waals surface area contributed by atoms with Crippen LogP contribution in [0.2, 0.25) is 0 Å². The van der Waals surface area contributed by atoms with Crippen molar-refractivity contribution in [1.29, 1.82) is 5.41 Å². The number of unbranched alkanes of at least 4 members (excludes halogenated alkanes) is 4. The molecule has 0 aromatic heterocycles. The molecule has 11 heteroatoms. The summed E-state index contributed by atoms with van der Waals surface area (Å²) in [5, 5.41) is 18.3. The molecule has 1 aliphatic rings. The van der Waals surface area contributed by atoms with Crippen LogP contribution in [0.4, 0.5) is 0 Å². The maximum Gasteiger partial charge on any atom is 0.228 e. The lowest BCUT2D eigenvalue weighted by Gasteiger charge is -2.13. The number of hydrogen-bond donors (Lipinski definition) is 6. The van der Waals surface area contributed by atoms with E-state index in [2.05, 4.69) is 25.5 Å². The van der Waals surface area contributed by atoms with Gasteiger partial charge in [-0.15, -0.1) is 5.11 Å². The number of nitrogens with zero attached hydrogens (tertiary/aromatic N) is 4. The van der Waals surface area contributed by atoms with Gasteiger partial charge in [-0.25, -0.2) is 0 Å². The van der Waals surface area contributed by atoms with Gasteiger partial charge in [-0.05, 0) is 18.9 Å². The van der Waals surface area contributed by atoms with E-state index < -0.39 is 0 Å². The summed E-state index contributed by atoms with van der Waals surface area (Å²) in [4.78, 5) is 8.22. The van der Waals surface area contributed by atoms with Crippen molar-refractivity contribution in [1.82, 2.24) is 5.32 Å². The molecule has 0 amide bonds. The highest BCUT2D eigenvalue weighted by atomic mass is 16.5. The first-order valence-corrected chi connectivity index (χ1v) is 9.66. The Morgan fingerprint density at radius 3 is 2.46 bits per heavy atom. The largest absolute Gasteiger partial charge is 0.477 e. The summed E-state index contributed by atoms with van der Waals surface area (Å²) in [5.74, 6) is 1.09. The predicted molar refractivity (Wildman–Crippen MR) is 112 cm³/mol. The highest BCUT2D eigenvalue weighted by Gasteiger charge is 2.14. The van der Waals surface area contributed by atoms with E-state index in [1.165, 1.54) is 0 Å². The average Bonchev–Trinajstić information content (AvgIpc) is 2.66. The Kier molecular flexibility index (Phi) is 11.8. The molecule has 0 fully saturated rings.